The number of ether oxygens (including phenoxy) is 2. The van der Waals surface area contributed by atoms with Crippen LogP contribution in [-0.4, -0.2) is 18.4 Å². The van der Waals surface area contributed by atoms with Gasteiger partial charge in [0.1, 0.15) is 0 Å². The van der Waals surface area contributed by atoms with Crippen LogP contribution >= 0.6 is 0 Å². The normalized spacial score (nSPS) is 9.64. The van der Waals surface area contributed by atoms with Gasteiger partial charge in [-0.05, 0) is 19.0 Å². The zero-order chi connectivity index (χ0) is 8.10. The van der Waals surface area contributed by atoms with E-state index < -0.39 is 0 Å². The lowest BCUT2D eigenvalue weighted by molar-refractivity contribution is 0.217. The van der Waals surface area contributed by atoms with E-state index in [-0.39, 0.29) is 0 Å². The molecule has 0 spiro atoms. The predicted octanol–water partition coefficient (Wildman–Crippen LogP) is 1.47. The van der Waals surface area contributed by atoms with Crippen LogP contribution in [0.3, 0.4) is 0 Å². The highest BCUT2D eigenvalue weighted by Gasteiger charge is 2.02. The summed E-state index contributed by atoms with van der Waals surface area (Å²) in [6.45, 7) is 4.91. The van der Waals surface area contributed by atoms with Gasteiger partial charge in [0.2, 0.25) is 0 Å². The van der Waals surface area contributed by atoms with Crippen molar-refractivity contribution in [3.05, 3.63) is 6.07 Å². The molecule has 0 bridgehead atoms. The van der Waals surface area contributed by atoms with Gasteiger partial charge in [-0.15, -0.1) is 0 Å². The van der Waals surface area contributed by atoms with Crippen LogP contribution in [0.1, 0.15) is 13.8 Å². The molecule has 62 valence electrons. The van der Waals surface area contributed by atoms with Crippen molar-refractivity contribution in [2.24, 2.45) is 0 Å². The average molecular weight is 157 g/mol. The van der Waals surface area contributed by atoms with E-state index in [1.54, 1.807) is 6.07 Å². The highest BCUT2D eigenvalue weighted by atomic mass is 16.6. The molecule has 0 radical (unpaired) electrons. The lowest BCUT2D eigenvalue weighted by atomic mass is 10.6. The maximum atomic E-state index is 5.05. The monoisotopic (exact) mass is 157 g/mol. The van der Waals surface area contributed by atoms with Gasteiger partial charge in [0.25, 0.3) is 5.88 Å². The lowest BCUT2D eigenvalue weighted by Gasteiger charge is -1.92. The lowest BCUT2D eigenvalue weighted by Crippen LogP contribution is -1.90. The van der Waals surface area contributed by atoms with Gasteiger partial charge < -0.3 is 14.0 Å². The van der Waals surface area contributed by atoms with E-state index >= 15 is 0 Å². The van der Waals surface area contributed by atoms with Crippen LogP contribution in [0.15, 0.2) is 10.6 Å². The molecule has 0 aliphatic rings. The fourth-order valence-electron chi connectivity index (χ4n) is 0.670. The predicted molar refractivity (Wildman–Crippen MR) is 38.8 cm³/mol. The first-order valence-electron chi connectivity index (χ1n) is 3.59. The minimum Gasteiger partial charge on any atom is -0.476 e. The second-order valence-corrected chi connectivity index (χ2v) is 1.85. The van der Waals surface area contributed by atoms with Crippen LogP contribution in [-0.2, 0) is 0 Å². The van der Waals surface area contributed by atoms with Crippen LogP contribution in [0, 0.1) is 0 Å². The molecule has 0 saturated heterocycles. The summed E-state index contributed by atoms with van der Waals surface area (Å²) in [7, 11) is 0. The third kappa shape index (κ3) is 2.14. The fraction of sp³-hybridized carbons (Fsp3) is 0.571. The summed E-state index contributed by atoms with van der Waals surface area (Å²) >= 11 is 0. The number of rotatable bonds is 4. The standard InChI is InChI=1S/C7H11NO3/c1-3-9-6-5-7(10-4-2)11-8-6/h5H,3-4H2,1-2H3. The van der Waals surface area contributed by atoms with Gasteiger partial charge >= 0.3 is 5.95 Å². The highest BCUT2D eigenvalue weighted by molar-refractivity contribution is 5.15. The molecular formula is C7H11NO3. The third-order valence-electron chi connectivity index (χ3n) is 1.05. The molecule has 1 heterocycles. The largest absolute Gasteiger partial charge is 0.476 e. The minimum atomic E-state index is 0.399. The van der Waals surface area contributed by atoms with Gasteiger partial charge in [0.05, 0.1) is 19.3 Å². The SMILES string of the molecule is CCOc1cc(OCC)on1. The summed E-state index contributed by atoms with van der Waals surface area (Å²) in [5, 5.41) is 3.60. The van der Waals surface area contributed by atoms with Crippen molar-refractivity contribution in [1.29, 1.82) is 0 Å². The molecule has 0 aliphatic carbocycles. The smallest absolute Gasteiger partial charge is 0.315 e. The van der Waals surface area contributed by atoms with E-state index in [1.807, 2.05) is 13.8 Å². The van der Waals surface area contributed by atoms with E-state index in [2.05, 4.69) is 5.16 Å². The number of nitrogens with zero attached hydrogens (tertiary/aromatic N) is 1. The first-order chi connectivity index (χ1) is 5.36. The zero-order valence-corrected chi connectivity index (χ0v) is 6.66. The second kappa shape index (κ2) is 3.85. The van der Waals surface area contributed by atoms with E-state index in [0.29, 0.717) is 25.0 Å². The van der Waals surface area contributed by atoms with Crippen molar-refractivity contribution in [3.8, 4) is 11.8 Å². The van der Waals surface area contributed by atoms with E-state index in [4.69, 9.17) is 14.0 Å². The zero-order valence-electron chi connectivity index (χ0n) is 6.66. The summed E-state index contributed by atoms with van der Waals surface area (Å²) in [5.74, 6) is 0.868. The molecule has 1 rings (SSSR count). The molecule has 0 aliphatic heterocycles. The van der Waals surface area contributed by atoms with Crippen molar-refractivity contribution < 1.29 is 14.0 Å². The number of hydrogen-bond acceptors (Lipinski definition) is 4. The summed E-state index contributed by atoms with van der Waals surface area (Å²) in [5.41, 5.74) is 0. The molecule has 0 saturated carbocycles. The fourth-order valence-corrected chi connectivity index (χ4v) is 0.670. The van der Waals surface area contributed by atoms with Crippen LogP contribution in [0.2, 0.25) is 0 Å². The van der Waals surface area contributed by atoms with Gasteiger partial charge in [0, 0.05) is 0 Å². The molecule has 11 heavy (non-hydrogen) atoms. The Morgan fingerprint density at radius 2 is 2.09 bits per heavy atom. The Hall–Kier alpha value is -1.19. The van der Waals surface area contributed by atoms with Crippen molar-refractivity contribution in [2.75, 3.05) is 13.2 Å². The Labute approximate surface area is 65.1 Å². The molecule has 0 unspecified atom stereocenters. The molecule has 0 aromatic carbocycles. The van der Waals surface area contributed by atoms with Crippen molar-refractivity contribution >= 4 is 0 Å². The van der Waals surface area contributed by atoms with Crippen LogP contribution in [0.25, 0.3) is 0 Å². The van der Waals surface area contributed by atoms with Crippen LogP contribution < -0.4 is 9.47 Å². The summed E-state index contributed by atoms with van der Waals surface area (Å²) in [6.07, 6.45) is 0. The number of hydrogen-bond donors (Lipinski definition) is 0. The van der Waals surface area contributed by atoms with Gasteiger partial charge in [0.15, 0.2) is 0 Å². The van der Waals surface area contributed by atoms with Gasteiger partial charge in [-0.25, -0.2) is 0 Å². The van der Waals surface area contributed by atoms with Gasteiger partial charge in [-0.2, -0.15) is 0 Å². The van der Waals surface area contributed by atoms with E-state index in [0.717, 1.165) is 0 Å². The second-order valence-electron chi connectivity index (χ2n) is 1.85. The number of aromatic nitrogens is 1. The maximum absolute atomic E-state index is 5.05. The third-order valence-corrected chi connectivity index (χ3v) is 1.05. The molecule has 0 atom stereocenters. The van der Waals surface area contributed by atoms with E-state index in [9.17, 15) is 0 Å². The van der Waals surface area contributed by atoms with Crippen LogP contribution in [0.4, 0.5) is 0 Å². The summed E-state index contributed by atoms with van der Waals surface area (Å²) in [4.78, 5) is 0. The van der Waals surface area contributed by atoms with Gasteiger partial charge in [-0.1, -0.05) is 0 Å². The minimum absolute atomic E-state index is 0.399. The first kappa shape index (κ1) is 7.91. The molecule has 4 heteroatoms. The molecule has 0 amide bonds. The maximum Gasteiger partial charge on any atom is 0.315 e. The van der Waals surface area contributed by atoms with E-state index in [1.165, 1.54) is 0 Å². The Morgan fingerprint density at radius 1 is 1.36 bits per heavy atom. The van der Waals surface area contributed by atoms with Gasteiger partial charge in [-0.3, -0.25) is 0 Å². The Kier molecular flexibility index (Phi) is 2.77. The molecule has 0 fully saturated rings. The molecular weight excluding hydrogens is 146 g/mol. The summed E-state index contributed by atoms with van der Waals surface area (Å²) in [6, 6.07) is 1.62. The Bertz CT molecular complexity index is 189. The molecule has 4 nitrogen and oxygen atoms in total. The first-order valence-corrected chi connectivity index (χ1v) is 3.59. The van der Waals surface area contributed by atoms with Crippen molar-refractivity contribution in [2.45, 2.75) is 13.8 Å². The Balaban J connectivity index is 2.51. The topological polar surface area (TPSA) is 44.5 Å². The molecule has 0 N–H and O–H groups in total. The van der Waals surface area contributed by atoms with Crippen molar-refractivity contribution in [3.63, 3.8) is 0 Å². The summed E-state index contributed by atoms with van der Waals surface area (Å²) < 4.78 is 14.8. The highest BCUT2D eigenvalue weighted by Crippen LogP contribution is 2.17. The van der Waals surface area contributed by atoms with Crippen molar-refractivity contribution in [1.82, 2.24) is 5.16 Å². The molecule has 1 aromatic rings. The van der Waals surface area contributed by atoms with Crippen LogP contribution in [0.5, 0.6) is 11.8 Å². The average Bonchev–Trinajstić information content (AvgIpc) is 2.38. The molecule has 1 aromatic heterocycles. The Morgan fingerprint density at radius 3 is 2.73 bits per heavy atom. The quantitative estimate of drug-likeness (QED) is 0.663.